The predicted octanol–water partition coefficient (Wildman–Crippen LogP) is 2.58. The number of hydrogen-bond donors (Lipinski definition) is 1. The van der Waals surface area contributed by atoms with Gasteiger partial charge in [-0.2, -0.15) is 0 Å². The smallest absolute Gasteiger partial charge is 0.270 e. The van der Waals surface area contributed by atoms with Crippen molar-refractivity contribution in [2.24, 2.45) is 0 Å². The summed E-state index contributed by atoms with van der Waals surface area (Å²) in [5, 5.41) is 0.601. The van der Waals surface area contributed by atoms with E-state index in [4.69, 9.17) is 0 Å². The third kappa shape index (κ3) is 3.56. The summed E-state index contributed by atoms with van der Waals surface area (Å²) in [6.45, 7) is 4.92. The lowest BCUT2D eigenvalue weighted by atomic mass is 10.2. The fourth-order valence-corrected chi connectivity index (χ4v) is 3.59. The van der Waals surface area contributed by atoms with Crippen LogP contribution in [0.25, 0.3) is 10.9 Å². The molecule has 3 aromatic rings. The van der Waals surface area contributed by atoms with E-state index in [2.05, 4.69) is 20.9 Å². The molecule has 0 unspecified atom stereocenters. The Bertz CT molecular complexity index is 1040. The lowest BCUT2D eigenvalue weighted by molar-refractivity contribution is 0.0761. The van der Waals surface area contributed by atoms with E-state index in [9.17, 15) is 9.59 Å². The first kappa shape index (κ1) is 17.3. The van der Waals surface area contributed by atoms with Crippen molar-refractivity contribution in [3.8, 4) is 0 Å². The topological polar surface area (TPSA) is 69.3 Å². The van der Waals surface area contributed by atoms with Crippen molar-refractivity contribution in [2.75, 3.05) is 31.1 Å². The van der Waals surface area contributed by atoms with Crippen molar-refractivity contribution < 1.29 is 4.79 Å². The molecule has 6 heteroatoms. The van der Waals surface area contributed by atoms with Crippen molar-refractivity contribution >= 4 is 22.5 Å². The van der Waals surface area contributed by atoms with Gasteiger partial charge in [0, 0.05) is 60.7 Å². The molecule has 4 rings (SSSR count). The van der Waals surface area contributed by atoms with E-state index in [1.807, 2.05) is 42.3 Å². The average Bonchev–Trinajstić information content (AvgIpc) is 2.94. The number of carbonyl (C=O) groups is 1. The minimum absolute atomic E-state index is 0.120. The van der Waals surface area contributed by atoms with Crippen LogP contribution in [0.2, 0.25) is 0 Å². The third-order valence-corrected chi connectivity index (χ3v) is 5.00. The molecule has 1 amide bonds. The first-order valence-corrected chi connectivity index (χ1v) is 9.21. The fourth-order valence-electron chi connectivity index (χ4n) is 3.59. The van der Waals surface area contributed by atoms with Crippen molar-refractivity contribution in [1.82, 2.24) is 14.9 Å². The summed E-state index contributed by atoms with van der Waals surface area (Å²) in [4.78, 5) is 36.8. The highest BCUT2D eigenvalue weighted by Crippen LogP contribution is 2.18. The fraction of sp³-hybridized carbons (Fsp3) is 0.286. The molecule has 6 nitrogen and oxygen atoms in total. The van der Waals surface area contributed by atoms with Crippen LogP contribution in [0.5, 0.6) is 0 Å². The summed E-state index contributed by atoms with van der Waals surface area (Å²) in [6, 6.07) is 12.8. The number of aromatic amines is 1. The first-order valence-electron chi connectivity index (χ1n) is 9.21. The van der Waals surface area contributed by atoms with Gasteiger partial charge < -0.3 is 14.8 Å². The molecule has 1 N–H and O–H groups in total. The highest BCUT2D eigenvalue weighted by Gasteiger charge is 2.21. The van der Waals surface area contributed by atoms with E-state index in [-0.39, 0.29) is 11.3 Å². The maximum absolute atomic E-state index is 13.0. The number of nitrogens with one attached hydrogen (secondary N) is 1. The van der Waals surface area contributed by atoms with Gasteiger partial charge in [-0.05, 0) is 37.6 Å². The van der Waals surface area contributed by atoms with Crippen molar-refractivity contribution in [1.29, 1.82) is 0 Å². The van der Waals surface area contributed by atoms with Gasteiger partial charge in [-0.3, -0.25) is 14.6 Å². The zero-order valence-electron chi connectivity index (χ0n) is 15.3. The van der Waals surface area contributed by atoms with Crippen LogP contribution in [0.4, 0.5) is 5.69 Å². The van der Waals surface area contributed by atoms with Gasteiger partial charge in [-0.15, -0.1) is 0 Å². The lowest BCUT2D eigenvalue weighted by Gasteiger charge is -2.24. The highest BCUT2D eigenvalue weighted by molar-refractivity contribution is 5.94. The minimum Gasteiger partial charge on any atom is -0.370 e. The maximum Gasteiger partial charge on any atom is 0.270 e. The third-order valence-electron chi connectivity index (χ3n) is 5.00. The van der Waals surface area contributed by atoms with Crippen LogP contribution < -0.4 is 10.3 Å². The zero-order valence-corrected chi connectivity index (χ0v) is 15.3. The van der Waals surface area contributed by atoms with Crippen molar-refractivity contribution in [2.45, 2.75) is 13.3 Å². The van der Waals surface area contributed by atoms with Crippen LogP contribution in [0.15, 0.2) is 53.5 Å². The van der Waals surface area contributed by atoms with Gasteiger partial charge in [-0.25, -0.2) is 0 Å². The number of rotatable bonds is 2. The zero-order chi connectivity index (χ0) is 18.8. The van der Waals surface area contributed by atoms with Gasteiger partial charge in [0.2, 0.25) is 0 Å². The number of H-pyrrole nitrogens is 1. The molecule has 1 aromatic carbocycles. The molecule has 0 saturated carbocycles. The van der Waals surface area contributed by atoms with Crippen LogP contribution in [-0.2, 0) is 0 Å². The summed E-state index contributed by atoms with van der Waals surface area (Å²) in [6.07, 6.45) is 2.70. The summed E-state index contributed by atoms with van der Waals surface area (Å²) < 4.78 is 0. The Hall–Kier alpha value is -3.15. The summed E-state index contributed by atoms with van der Waals surface area (Å²) >= 11 is 0. The Labute approximate surface area is 157 Å². The number of para-hydroxylation sites is 1. The Morgan fingerprint density at radius 2 is 1.93 bits per heavy atom. The predicted molar refractivity (Wildman–Crippen MR) is 106 cm³/mol. The molecule has 0 aliphatic carbocycles. The van der Waals surface area contributed by atoms with E-state index in [1.165, 1.54) is 6.07 Å². The van der Waals surface area contributed by atoms with Gasteiger partial charge in [-0.1, -0.05) is 12.1 Å². The number of anilines is 1. The summed E-state index contributed by atoms with van der Waals surface area (Å²) in [5.74, 6) is -0.120. The lowest BCUT2D eigenvalue weighted by Crippen LogP contribution is -2.36. The first-order chi connectivity index (χ1) is 13.1. The number of pyridine rings is 2. The van der Waals surface area contributed by atoms with Gasteiger partial charge in [0.15, 0.2) is 5.43 Å². The number of amides is 1. The maximum atomic E-state index is 13.0. The number of carbonyl (C=O) groups excluding carboxylic acids is 1. The molecule has 2 aromatic heterocycles. The molecular formula is C21H22N4O2. The Kier molecular flexibility index (Phi) is 4.62. The van der Waals surface area contributed by atoms with Gasteiger partial charge >= 0.3 is 0 Å². The van der Waals surface area contributed by atoms with Gasteiger partial charge in [0.1, 0.15) is 5.69 Å². The molecule has 27 heavy (non-hydrogen) atoms. The SMILES string of the molecule is Cc1cc(N2CCCN(C(=O)c3cc(=O)c4ccccc4[nH]3)CC2)ccn1. The normalized spacial score (nSPS) is 15.0. The molecule has 0 atom stereocenters. The summed E-state index contributed by atoms with van der Waals surface area (Å²) in [5.41, 5.74) is 3.04. The van der Waals surface area contributed by atoms with Gasteiger partial charge in [0.05, 0.1) is 0 Å². The van der Waals surface area contributed by atoms with E-state index < -0.39 is 0 Å². The van der Waals surface area contributed by atoms with Crippen LogP contribution in [0, 0.1) is 6.92 Å². The molecule has 138 valence electrons. The Morgan fingerprint density at radius 1 is 1.07 bits per heavy atom. The monoisotopic (exact) mass is 362 g/mol. The second-order valence-corrected chi connectivity index (χ2v) is 6.88. The number of aryl methyl sites for hydroxylation is 1. The quantitative estimate of drug-likeness (QED) is 0.761. The standard InChI is InChI=1S/C21H22N4O2/c1-15-13-16(7-8-22-15)24-9-4-10-25(12-11-24)21(27)19-14-20(26)17-5-2-3-6-18(17)23-19/h2-3,5-8,13-14H,4,9-12H2,1H3,(H,23,26). The van der Waals surface area contributed by atoms with Crippen molar-refractivity contribution in [3.63, 3.8) is 0 Å². The van der Waals surface area contributed by atoms with E-state index in [0.29, 0.717) is 29.7 Å². The number of nitrogens with zero attached hydrogens (tertiary/aromatic N) is 3. The number of benzene rings is 1. The van der Waals surface area contributed by atoms with Crippen LogP contribution in [0.3, 0.4) is 0 Å². The minimum atomic E-state index is -0.128. The molecule has 3 heterocycles. The second kappa shape index (κ2) is 7.23. The molecule has 1 aliphatic heterocycles. The van der Waals surface area contributed by atoms with Crippen LogP contribution in [-0.4, -0.2) is 47.0 Å². The molecule has 0 bridgehead atoms. The summed E-state index contributed by atoms with van der Waals surface area (Å²) in [7, 11) is 0. The molecule has 0 spiro atoms. The number of aromatic nitrogens is 2. The Balaban J connectivity index is 1.54. The van der Waals surface area contributed by atoms with Gasteiger partial charge in [0.25, 0.3) is 5.91 Å². The number of hydrogen-bond acceptors (Lipinski definition) is 4. The van der Waals surface area contributed by atoms with Crippen LogP contribution >= 0.6 is 0 Å². The Morgan fingerprint density at radius 3 is 2.78 bits per heavy atom. The van der Waals surface area contributed by atoms with Crippen molar-refractivity contribution in [3.05, 3.63) is 70.3 Å². The van der Waals surface area contributed by atoms with Crippen LogP contribution in [0.1, 0.15) is 22.6 Å². The van der Waals surface area contributed by atoms with E-state index in [1.54, 1.807) is 6.07 Å². The molecule has 1 saturated heterocycles. The highest BCUT2D eigenvalue weighted by atomic mass is 16.2. The molecular weight excluding hydrogens is 340 g/mol. The second-order valence-electron chi connectivity index (χ2n) is 6.88. The van der Waals surface area contributed by atoms with E-state index in [0.717, 1.165) is 30.9 Å². The number of fused-ring (bicyclic) bond motifs is 1. The molecule has 1 fully saturated rings. The largest absolute Gasteiger partial charge is 0.370 e. The average molecular weight is 362 g/mol. The molecule has 0 radical (unpaired) electrons. The van der Waals surface area contributed by atoms with E-state index >= 15 is 0 Å². The molecule has 1 aliphatic rings.